The van der Waals surface area contributed by atoms with E-state index in [-0.39, 0.29) is 17.9 Å². The number of fused-ring (bicyclic) bond motifs is 1. The number of benzene rings is 2. The van der Waals surface area contributed by atoms with Crippen molar-refractivity contribution in [2.75, 3.05) is 13.1 Å². The number of piperidine rings is 1. The molecule has 0 aliphatic carbocycles. The van der Waals surface area contributed by atoms with Gasteiger partial charge in [-0.05, 0) is 48.6 Å². The molecule has 0 unspecified atom stereocenters. The number of amides is 2. The number of pyridine rings is 1. The van der Waals surface area contributed by atoms with Crippen LogP contribution in [0.4, 0.5) is 0 Å². The van der Waals surface area contributed by atoms with Gasteiger partial charge in [-0.25, -0.2) is 4.98 Å². The number of hydrogen-bond acceptors (Lipinski definition) is 4. The zero-order valence-electron chi connectivity index (χ0n) is 17.5. The third kappa shape index (κ3) is 4.14. The highest BCUT2D eigenvalue weighted by Gasteiger charge is 2.26. The van der Waals surface area contributed by atoms with Gasteiger partial charge in [0.1, 0.15) is 0 Å². The quantitative estimate of drug-likeness (QED) is 0.485. The molecule has 0 bridgehead atoms. The van der Waals surface area contributed by atoms with Crippen LogP contribution in [0, 0.1) is 0 Å². The van der Waals surface area contributed by atoms with Crippen molar-refractivity contribution in [3.8, 4) is 10.6 Å². The van der Waals surface area contributed by atoms with Gasteiger partial charge in [-0.1, -0.05) is 42.5 Å². The maximum absolute atomic E-state index is 13.5. The Morgan fingerprint density at radius 1 is 0.938 bits per heavy atom. The molecule has 2 aromatic heterocycles. The molecule has 2 amide bonds. The maximum Gasteiger partial charge on any atom is 0.254 e. The van der Waals surface area contributed by atoms with E-state index in [0.29, 0.717) is 24.2 Å². The second kappa shape index (κ2) is 8.93. The topological polar surface area (TPSA) is 62.3 Å². The molecule has 1 fully saturated rings. The highest BCUT2D eigenvalue weighted by atomic mass is 32.1. The summed E-state index contributed by atoms with van der Waals surface area (Å²) in [6.07, 6.45) is 1.48. The highest BCUT2D eigenvalue weighted by Crippen LogP contribution is 2.29. The molecule has 0 saturated carbocycles. The van der Waals surface area contributed by atoms with Crippen molar-refractivity contribution in [2.24, 2.45) is 0 Å². The predicted molar refractivity (Wildman–Crippen MR) is 128 cm³/mol. The number of para-hydroxylation sites is 1. The van der Waals surface area contributed by atoms with Gasteiger partial charge >= 0.3 is 0 Å². The number of rotatable bonds is 4. The minimum atomic E-state index is -0.0592. The summed E-state index contributed by atoms with van der Waals surface area (Å²) in [6, 6.07) is 23.1. The first-order valence-electron chi connectivity index (χ1n) is 10.8. The van der Waals surface area contributed by atoms with Crippen molar-refractivity contribution < 1.29 is 9.59 Å². The Morgan fingerprint density at radius 3 is 2.44 bits per heavy atom. The molecule has 1 aliphatic heterocycles. The molecule has 160 valence electrons. The molecule has 0 spiro atoms. The van der Waals surface area contributed by atoms with E-state index in [1.807, 2.05) is 83.1 Å². The highest BCUT2D eigenvalue weighted by molar-refractivity contribution is 7.13. The Morgan fingerprint density at radius 2 is 1.69 bits per heavy atom. The van der Waals surface area contributed by atoms with Crippen LogP contribution in [0.2, 0.25) is 0 Å². The second-order valence-corrected chi connectivity index (χ2v) is 8.90. The second-order valence-electron chi connectivity index (χ2n) is 7.96. The summed E-state index contributed by atoms with van der Waals surface area (Å²) < 4.78 is 0. The third-order valence-electron chi connectivity index (χ3n) is 5.87. The number of hydrogen-bond donors (Lipinski definition) is 1. The minimum absolute atomic E-state index is 0.0224. The summed E-state index contributed by atoms with van der Waals surface area (Å²) in [6.45, 7) is 1.23. The first-order valence-corrected chi connectivity index (χ1v) is 11.7. The van der Waals surface area contributed by atoms with Gasteiger partial charge in [0.25, 0.3) is 11.8 Å². The van der Waals surface area contributed by atoms with Crippen molar-refractivity contribution in [1.82, 2.24) is 15.2 Å². The first-order chi connectivity index (χ1) is 15.7. The van der Waals surface area contributed by atoms with Crippen molar-refractivity contribution in [3.63, 3.8) is 0 Å². The Bertz CT molecular complexity index is 1250. The first kappa shape index (κ1) is 20.4. The van der Waals surface area contributed by atoms with Crippen LogP contribution in [0.25, 0.3) is 21.5 Å². The standard InChI is InChI=1S/C26H23N3O2S/c30-25(18-7-2-1-3-8-18)27-19-12-14-29(15-13-19)26(31)21-17-23(24-11-6-16-32-24)28-22-10-5-4-9-20(21)22/h1-11,16-17,19H,12-15H2,(H,27,30). The molecule has 32 heavy (non-hydrogen) atoms. The lowest BCUT2D eigenvalue weighted by atomic mass is 10.0. The van der Waals surface area contributed by atoms with E-state index in [1.54, 1.807) is 11.3 Å². The molecule has 0 atom stereocenters. The molecular formula is C26H23N3O2S. The van der Waals surface area contributed by atoms with Gasteiger partial charge in [0.15, 0.2) is 0 Å². The van der Waals surface area contributed by atoms with E-state index in [0.717, 1.165) is 34.3 Å². The summed E-state index contributed by atoms with van der Waals surface area (Å²) in [5.41, 5.74) is 3.00. The smallest absolute Gasteiger partial charge is 0.254 e. The summed E-state index contributed by atoms with van der Waals surface area (Å²) in [7, 11) is 0. The Kier molecular flexibility index (Phi) is 5.69. The number of carbonyl (C=O) groups excluding carboxylic acids is 2. The Balaban J connectivity index is 1.33. The Hall–Kier alpha value is -3.51. The zero-order valence-corrected chi connectivity index (χ0v) is 18.3. The monoisotopic (exact) mass is 441 g/mol. The lowest BCUT2D eigenvalue weighted by Gasteiger charge is -2.32. The van der Waals surface area contributed by atoms with Crippen LogP contribution in [-0.4, -0.2) is 40.8 Å². The molecule has 4 aromatic rings. The molecule has 2 aromatic carbocycles. The molecule has 5 nitrogen and oxygen atoms in total. The van der Waals surface area contributed by atoms with Crippen LogP contribution in [0.5, 0.6) is 0 Å². The average molecular weight is 442 g/mol. The number of likely N-dealkylation sites (tertiary alicyclic amines) is 1. The normalized spacial score (nSPS) is 14.4. The summed E-state index contributed by atoms with van der Waals surface area (Å²) >= 11 is 1.62. The van der Waals surface area contributed by atoms with E-state index < -0.39 is 0 Å². The predicted octanol–water partition coefficient (Wildman–Crippen LogP) is 5.00. The molecule has 1 aliphatic rings. The van der Waals surface area contributed by atoms with Gasteiger partial charge < -0.3 is 10.2 Å². The van der Waals surface area contributed by atoms with E-state index >= 15 is 0 Å². The van der Waals surface area contributed by atoms with Gasteiger partial charge in [-0.3, -0.25) is 9.59 Å². The van der Waals surface area contributed by atoms with Crippen molar-refractivity contribution in [1.29, 1.82) is 0 Å². The third-order valence-corrected chi connectivity index (χ3v) is 6.77. The fourth-order valence-corrected chi connectivity index (χ4v) is 4.84. The zero-order chi connectivity index (χ0) is 21.9. The summed E-state index contributed by atoms with van der Waals surface area (Å²) in [4.78, 5) is 33.7. The van der Waals surface area contributed by atoms with E-state index in [2.05, 4.69) is 5.32 Å². The average Bonchev–Trinajstić information content (AvgIpc) is 3.39. The molecule has 0 radical (unpaired) electrons. The molecule has 1 N–H and O–H groups in total. The van der Waals surface area contributed by atoms with Crippen LogP contribution in [0.1, 0.15) is 33.6 Å². The number of aromatic nitrogens is 1. The van der Waals surface area contributed by atoms with Crippen LogP contribution in [0.3, 0.4) is 0 Å². The van der Waals surface area contributed by atoms with Crippen molar-refractivity contribution >= 4 is 34.1 Å². The Labute approximate surface area is 190 Å². The van der Waals surface area contributed by atoms with Crippen molar-refractivity contribution in [2.45, 2.75) is 18.9 Å². The number of carbonyl (C=O) groups is 2. The lowest BCUT2D eigenvalue weighted by Crippen LogP contribution is -2.46. The van der Waals surface area contributed by atoms with Gasteiger partial charge in [0.2, 0.25) is 0 Å². The summed E-state index contributed by atoms with van der Waals surface area (Å²) in [5.74, 6) is -0.0367. The fraction of sp³-hybridized carbons (Fsp3) is 0.192. The maximum atomic E-state index is 13.5. The van der Waals surface area contributed by atoms with Gasteiger partial charge in [0, 0.05) is 30.1 Å². The molecule has 3 heterocycles. The van der Waals surface area contributed by atoms with Gasteiger partial charge in [0.05, 0.1) is 21.7 Å². The molecule has 5 rings (SSSR count). The van der Waals surface area contributed by atoms with E-state index in [1.165, 1.54) is 0 Å². The van der Waals surface area contributed by atoms with Crippen molar-refractivity contribution in [3.05, 3.63) is 89.3 Å². The SMILES string of the molecule is O=C(NC1CCN(C(=O)c2cc(-c3cccs3)nc3ccccc23)CC1)c1ccccc1. The van der Waals surface area contributed by atoms with E-state index in [4.69, 9.17) is 4.98 Å². The molecule has 6 heteroatoms. The number of nitrogens with zero attached hydrogens (tertiary/aromatic N) is 2. The lowest BCUT2D eigenvalue weighted by molar-refractivity contribution is 0.0700. The fourth-order valence-electron chi connectivity index (χ4n) is 4.16. The van der Waals surface area contributed by atoms with Crippen LogP contribution >= 0.6 is 11.3 Å². The van der Waals surface area contributed by atoms with Gasteiger partial charge in [-0.2, -0.15) is 0 Å². The van der Waals surface area contributed by atoms with Crippen LogP contribution < -0.4 is 5.32 Å². The molecular weight excluding hydrogens is 418 g/mol. The van der Waals surface area contributed by atoms with E-state index in [9.17, 15) is 9.59 Å². The minimum Gasteiger partial charge on any atom is -0.349 e. The van der Waals surface area contributed by atoms with Crippen LogP contribution in [-0.2, 0) is 0 Å². The van der Waals surface area contributed by atoms with Crippen LogP contribution in [0.15, 0.2) is 78.2 Å². The van der Waals surface area contributed by atoms with Gasteiger partial charge in [-0.15, -0.1) is 11.3 Å². The summed E-state index contributed by atoms with van der Waals surface area (Å²) in [5, 5.41) is 5.99. The number of thiophene rings is 1. The number of nitrogens with one attached hydrogen (secondary N) is 1. The molecule has 1 saturated heterocycles. The largest absolute Gasteiger partial charge is 0.349 e.